The fourth-order valence-electron chi connectivity index (χ4n) is 2.54. The number of hydrogen-bond donors (Lipinski definition) is 1. The summed E-state index contributed by atoms with van der Waals surface area (Å²) in [6.45, 7) is 2.12. The van der Waals surface area contributed by atoms with E-state index in [4.69, 9.17) is 4.74 Å². The van der Waals surface area contributed by atoms with Gasteiger partial charge in [-0.3, -0.25) is 0 Å². The Balaban J connectivity index is 1.92. The van der Waals surface area contributed by atoms with Crippen molar-refractivity contribution >= 4 is 0 Å². The van der Waals surface area contributed by atoms with Crippen LogP contribution in [-0.2, 0) is 6.42 Å². The predicted octanol–water partition coefficient (Wildman–Crippen LogP) is 3.77. The molecule has 0 saturated heterocycles. The topological polar surface area (TPSA) is 29.5 Å². The lowest BCUT2D eigenvalue weighted by Gasteiger charge is -2.27. The van der Waals surface area contributed by atoms with Crippen molar-refractivity contribution < 1.29 is 9.84 Å². The Labute approximate surface area is 107 Å². The summed E-state index contributed by atoms with van der Waals surface area (Å²) in [6, 6.07) is 13.7. The molecule has 3 rings (SSSR count). The minimum Gasteiger partial charge on any atom is -0.508 e. The summed E-state index contributed by atoms with van der Waals surface area (Å²) in [6.07, 6.45) is 2.03. The summed E-state index contributed by atoms with van der Waals surface area (Å²) in [4.78, 5) is 0. The van der Waals surface area contributed by atoms with Crippen LogP contribution in [0.5, 0.6) is 11.5 Å². The van der Waals surface area contributed by atoms with Gasteiger partial charge in [0.1, 0.15) is 17.6 Å². The quantitative estimate of drug-likeness (QED) is 0.822. The second kappa shape index (κ2) is 4.37. The van der Waals surface area contributed by atoms with Crippen LogP contribution >= 0.6 is 0 Å². The van der Waals surface area contributed by atoms with Gasteiger partial charge in [-0.15, -0.1) is 0 Å². The highest BCUT2D eigenvalue weighted by Gasteiger charge is 2.22. The average Bonchev–Trinajstić information content (AvgIpc) is 2.39. The molecule has 1 N–H and O–H groups in total. The summed E-state index contributed by atoms with van der Waals surface area (Å²) in [5.74, 6) is 1.21. The number of aromatic hydroxyl groups is 1. The Morgan fingerprint density at radius 2 is 2.00 bits per heavy atom. The number of phenolic OH excluding ortho intramolecular Hbond substituents is 1. The second-order valence-corrected chi connectivity index (χ2v) is 4.79. The zero-order valence-electron chi connectivity index (χ0n) is 10.4. The molecule has 0 bridgehead atoms. The summed E-state index contributed by atoms with van der Waals surface area (Å²) >= 11 is 0. The van der Waals surface area contributed by atoms with E-state index in [2.05, 4.69) is 25.1 Å². The third kappa shape index (κ3) is 1.94. The highest BCUT2D eigenvalue weighted by molar-refractivity contribution is 5.42. The lowest BCUT2D eigenvalue weighted by atomic mass is 9.95. The standard InChI is InChI=1S/C16H16O2/c1-11-4-2-3-5-14(11)16-8-6-12-10-13(17)7-9-15(12)18-16/h2-5,7,9-10,16-17H,6,8H2,1H3/t16-/m0/s1. The first-order chi connectivity index (χ1) is 8.74. The van der Waals surface area contributed by atoms with Crippen LogP contribution in [0.2, 0.25) is 0 Å². The van der Waals surface area contributed by atoms with E-state index in [1.807, 2.05) is 12.1 Å². The van der Waals surface area contributed by atoms with Crippen LogP contribution in [0.3, 0.4) is 0 Å². The molecule has 1 aliphatic rings. The molecule has 0 fully saturated rings. The number of benzene rings is 2. The van der Waals surface area contributed by atoms with Gasteiger partial charge in [0.05, 0.1) is 0 Å². The van der Waals surface area contributed by atoms with Gasteiger partial charge in [-0.1, -0.05) is 24.3 Å². The number of fused-ring (bicyclic) bond motifs is 1. The van der Waals surface area contributed by atoms with Crippen LogP contribution in [0.25, 0.3) is 0 Å². The Bertz CT molecular complexity index is 575. The molecular weight excluding hydrogens is 224 g/mol. The zero-order chi connectivity index (χ0) is 12.5. The lowest BCUT2D eigenvalue weighted by molar-refractivity contribution is 0.175. The minimum absolute atomic E-state index is 0.128. The Hall–Kier alpha value is -1.96. The third-order valence-corrected chi connectivity index (χ3v) is 3.52. The van der Waals surface area contributed by atoms with E-state index < -0.39 is 0 Å². The minimum atomic E-state index is 0.128. The fraction of sp³-hybridized carbons (Fsp3) is 0.250. The molecule has 18 heavy (non-hydrogen) atoms. The zero-order valence-corrected chi connectivity index (χ0v) is 10.4. The van der Waals surface area contributed by atoms with Crippen LogP contribution in [0.1, 0.15) is 29.2 Å². The van der Waals surface area contributed by atoms with Gasteiger partial charge >= 0.3 is 0 Å². The number of rotatable bonds is 1. The van der Waals surface area contributed by atoms with Crippen molar-refractivity contribution in [3.8, 4) is 11.5 Å². The van der Waals surface area contributed by atoms with Crippen LogP contribution in [0, 0.1) is 6.92 Å². The van der Waals surface area contributed by atoms with E-state index in [1.165, 1.54) is 11.1 Å². The number of ether oxygens (including phenoxy) is 1. The monoisotopic (exact) mass is 240 g/mol. The molecule has 1 atom stereocenters. The van der Waals surface area contributed by atoms with E-state index in [0.717, 1.165) is 24.2 Å². The summed E-state index contributed by atoms with van der Waals surface area (Å²) < 4.78 is 6.04. The van der Waals surface area contributed by atoms with Gasteiger partial charge in [0, 0.05) is 0 Å². The molecule has 2 aromatic rings. The van der Waals surface area contributed by atoms with Crippen molar-refractivity contribution in [1.82, 2.24) is 0 Å². The van der Waals surface area contributed by atoms with E-state index in [9.17, 15) is 5.11 Å². The third-order valence-electron chi connectivity index (χ3n) is 3.52. The van der Waals surface area contributed by atoms with E-state index in [0.29, 0.717) is 5.75 Å². The molecule has 0 amide bonds. The van der Waals surface area contributed by atoms with Crippen molar-refractivity contribution in [2.75, 3.05) is 0 Å². The van der Waals surface area contributed by atoms with Crippen molar-refractivity contribution in [1.29, 1.82) is 0 Å². The molecule has 2 heteroatoms. The SMILES string of the molecule is Cc1ccccc1[C@@H]1CCc2cc(O)ccc2O1. The van der Waals surface area contributed by atoms with Crippen LogP contribution in [0.15, 0.2) is 42.5 Å². The maximum Gasteiger partial charge on any atom is 0.124 e. The molecule has 92 valence electrons. The predicted molar refractivity (Wildman–Crippen MR) is 71.0 cm³/mol. The van der Waals surface area contributed by atoms with Crippen molar-refractivity contribution in [2.24, 2.45) is 0 Å². The number of hydrogen-bond acceptors (Lipinski definition) is 2. The van der Waals surface area contributed by atoms with E-state index >= 15 is 0 Å². The van der Waals surface area contributed by atoms with Crippen molar-refractivity contribution in [3.05, 3.63) is 59.2 Å². The summed E-state index contributed by atoms with van der Waals surface area (Å²) in [7, 11) is 0. The normalized spacial score (nSPS) is 17.9. The van der Waals surface area contributed by atoms with Crippen molar-refractivity contribution in [2.45, 2.75) is 25.9 Å². The Kier molecular flexibility index (Phi) is 2.71. The fourth-order valence-corrected chi connectivity index (χ4v) is 2.54. The van der Waals surface area contributed by atoms with Crippen LogP contribution in [-0.4, -0.2) is 5.11 Å². The van der Waals surface area contributed by atoms with E-state index in [1.54, 1.807) is 12.1 Å². The molecular formula is C16H16O2. The smallest absolute Gasteiger partial charge is 0.124 e. The molecule has 1 aliphatic heterocycles. The maximum absolute atomic E-state index is 9.46. The Morgan fingerprint density at radius 3 is 2.83 bits per heavy atom. The second-order valence-electron chi connectivity index (χ2n) is 4.79. The van der Waals surface area contributed by atoms with Gasteiger partial charge < -0.3 is 9.84 Å². The van der Waals surface area contributed by atoms with Gasteiger partial charge in [0.25, 0.3) is 0 Å². The Morgan fingerprint density at radius 1 is 1.17 bits per heavy atom. The highest BCUT2D eigenvalue weighted by Crippen LogP contribution is 2.37. The van der Waals surface area contributed by atoms with Gasteiger partial charge in [-0.25, -0.2) is 0 Å². The molecule has 0 radical (unpaired) electrons. The largest absolute Gasteiger partial charge is 0.508 e. The van der Waals surface area contributed by atoms with Crippen LogP contribution < -0.4 is 4.74 Å². The van der Waals surface area contributed by atoms with Crippen LogP contribution in [0.4, 0.5) is 0 Å². The first kappa shape index (κ1) is 11.1. The van der Waals surface area contributed by atoms with Gasteiger partial charge in [-0.2, -0.15) is 0 Å². The van der Waals surface area contributed by atoms with Crippen molar-refractivity contribution in [3.63, 3.8) is 0 Å². The summed E-state index contributed by atoms with van der Waals surface area (Å²) in [5, 5.41) is 9.46. The molecule has 2 aromatic carbocycles. The molecule has 1 heterocycles. The highest BCUT2D eigenvalue weighted by atomic mass is 16.5. The first-order valence-corrected chi connectivity index (χ1v) is 6.28. The molecule has 0 spiro atoms. The number of aryl methyl sites for hydroxylation is 2. The average molecular weight is 240 g/mol. The molecule has 0 aromatic heterocycles. The van der Waals surface area contributed by atoms with Gasteiger partial charge in [0.2, 0.25) is 0 Å². The van der Waals surface area contributed by atoms with E-state index in [-0.39, 0.29) is 6.10 Å². The molecule has 0 saturated carbocycles. The molecule has 0 aliphatic carbocycles. The molecule has 2 nitrogen and oxygen atoms in total. The number of phenols is 1. The van der Waals surface area contributed by atoms with Gasteiger partial charge in [0.15, 0.2) is 0 Å². The van der Waals surface area contributed by atoms with Gasteiger partial charge in [-0.05, 0) is 54.7 Å². The lowest BCUT2D eigenvalue weighted by Crippen LogP contribution is -2.15. The maximum atomic E-state index is 9.46. The first-order valence-electron chi connectivity index (χ1n) is 6.28. The molecule has 0 unspecified atom stereocenters. The summed E-state index contributed by atoms with van der Waals surface area (Å²) in [5.41, 5.74) is 3.63.